The largest absolute Gasteiger partial charge is 0.416 e. The number of alkyl halides is 3. The van der Waals surface area contributed by atoms with E-state index < -0.39 is 23.6 Å². The van der Waals surface area contributed by atoms with E-state index in [1.807, 2.05) is 10.9 Å². The van der Waals surface area contributed by atoms with Crippen molar-refractivity contribution >= 4 is 29.4 Å². The number of piperidine rings is 1. The summed E-state index contributed by atoms with van der Waals surface area (Å²) in [5, 5.41) is 13.6. The van der Waals surface area contributed by atoms with Crippen LogP contribution in [0.4, 0.5) is 24.7 Å². The van der Waals surface area contributed by atoms with Crippen molar-refractivity contribution in [1.29, 1.82) is 0 Å². The molecule has 1 saturated heterocycles. The maximum absolute atomic E-state index is 13.0. The van der Waals surface area contributed by atoms with E-state index in [-0.39, 0.29) is 11.3 Å². The maximum Gasteiger partial charge on any atom is 0.416 e. The van der Waals surface area contributed by atoms with Crippen LogP contribution in [0.3, 0.4) is 0 Å². The van der Waals surface area contributed by atoms with Crippen LogP contribution in [0.5, 0.6) is 0 Å². The Morgan fingerprint density at radius 1 is 0.932 bits per heavy atom. The molecule has 0 bridgehead atoms. The molecule has 0 unspecified atom stereocenters. The summed E-state index contributed by atoms with van der Waals surface area (Å²) in [5.74, 6) is -0.652. The molecule has 4 aromatic rings. The van der Waals surface area contributed by atoms with Crippen molar-refractivity contribution < 1.29 is 22.8 Å². The summed E-state index contributed by atoms with van der Waals surface area (Å²) in [7, 11) is 0. The molecule has 1 aliphatic heterocycles. The molecule has 44 heavy (non-hydrogen) atoms. The summed E-state index contributed by atoms with van der Waals surface area (Å²) < 4.78 is 40.8. The molecule has 5 rings (SSSR count). The van der Waals surface area contributed by atoms with Crippen molar-refractivity contribution in [2.24, 2.45) is 0 Å². The maximum atomic E-state index is 13.0. The molecule has 2 aromatic carbocycles. The lowest BCUT2D eigenvalue weighted by molar-refractivity contribution is -0.137. The van der Waals surface area contributed by atoms with Crippen LogP contribution in [0, 0.1) is 0 Å². The molecule has 2 amide bonds. The van der Waals surface area contributed by atoms with E-state index in [1.54, 1.807) is 30.5 Å². The van der Waals surface area contributed by atoms with E-state index in [0.717, 1.165) is 37.2 Å². The fourth-order valence-electron chi connectivity index (χ4n) is 4.90. The Bertz CT molecular complexity index is 1610. The lowest BCUT2D eigenvalue weighted by Gasteiger charge is -2.26. The molecule has 2 aromatic heterocycles. The molecule has 1 aliphatic rings. The number of nitrogens with one attached hydrogen (secondary N) is 2. The predicted octanol–water partition coefficient (Wildman–Crippen LogP) is 6.14. The minimum atomic E-state index is -4.52. The second-order valence-electron chi connectivity index (χ2n) is 10.5. The molecular formula is C32H32F3N7O2. The first kappa shape index (κ1) is 30.6. The van der Waals surface area contributed by atoms with Gasteiger partial charge in [-0.25, -0.2) is 4.98 Å². The first-order valence-electron chi connectivity index (χ1n) is 14.4. The van der Waals surface area contributed by atoms with Crippen molar-refractivity contribution in [2.45, 2.75) is 38.4 Å². The number of amides is 2. The Hall–Kier alpha value is -4.84. The molecule has 0 spiro atoms. The highest BCUT2D eigenvalue weighted by atomic mass is 19.4. The first-order chi connectivity index (χ1) is 21.2. The van der Waals surface area contributed by atoms with Crippen molar-refractivity contribution in [3.8, 4) is 11.3 Å². The number of carbonyl (C=O) groups excluding carboxylic acids is 2. The number of halogens is 3. The van der Waals surface area contributed by atoms with Crippen molar-refractivity contribution in [3.63, 3.8) is 0 Å². The van der Waals surface area contributed by atoms with Crippen molar-refractivity contribution in [2.75, 3.05) is 30.3 Å². The van der Waals surface area contributed by atoms with E-state index in [0.29, 0.717) is 17.1 Å². The second-order valence-corrected chi connectivity index (χ2v) is 10.5. The van der Waals surface area contributed by atoms with Crippen LogP contribution < -0.4 is 10.6 Å². The normalized spacial score (nSPS) is 14.1. The zero-order valence-corrected chi connectivity index (χ0v) is 23.9. The smallest absolute Gasteiger partial charge is 0.322 e. The van der Waals surface area contributed by atoms with Gasteiger partial charge in [-0.15, -0.1) is 5.10 Å². The van der Waals surface area contributed by atoms with Crippen LogP contribution in [0.2, 0.25) is 0 Å². The third-order valence-corrected chi connectivity index (χ3v) is 7.18. The molecule has 0 aliphatic carbocycles. The van der Waals surface area contributed by atoms with Gasteiger partial charge in [-0.05, 0) is 93.0 Å². The highest BCUT2D eigenvalue weighted by Gasteiger charge is 2.30. The van der Waals surface area contributed by atoms with Gasteiger partial charge in [0.2, 0.25) is 5.91 Å². The van der Waals surface area contributed by atoms with Crippen molar-refractivity contribution in [3.05, 3.63) is 95.8 Å². The van der Waals surface area contributed by atoms with Crippen LogP contribution in [0.25, 0.3) is 17.3 Å². The molecular weight excluding hydrogens is 571 g/mol. The number of hydrogen-bond donors (Lipinski definition) is 2. The number of benzene rings is 2. The number of carbonyl (C=O) groups is 2. The number of rotatable bonds is 10. The lowest BCUT2D eigenvalue weighted by atomic mass is 10.1. The SMILES string of the molecule is O=C(C=Cc1cccc(C(=O)Nc2cccc(C(F)(F)F)c2)c1)Nc1ccc(-c2cn(CCCN3CCCCC3)nn2)cn1. The fourth-order valence-corrected chi connectivity index (χ4v) is 4.90. The van der Waals surface area contributed by atoms with E-state index in [2.05, 4.69) is 30.8 Å². The number of likely N-dealkylation sites (tertiary alicyclic amines) is 1. The number of hydrogen-bond acceptors (Lipinski definition) is 6. The Balaban J connectivity index is 1.12. The van der Waals surface area contributed by atoms with E-state index >= 15 is 0 Å². The number of aryl methyl sites for hydroxylation is 1. The molecule has 3 heterocycles. The molecule has 9 nitrogen and oxygen atoms in total. The zero-order valence-electron chi connectivity index (χ0n) is 23.9. The number of aromatic nitrogens is 4. The monoisotopic (exact) mass is 603 g/mol. The minimum absolute atomic E-state index is 0.0245. The molecule has 0 atom stereocenters. The van der Waals surface area contributed by atoms with Crippen LogP contribution >= 0.6 is 0 Å². The molecule has 2 N–H and O–H groups in total. The number of pyridine rings is 1. The lowest BCUT2D eigenvalue weighted by Crippen LogP contribution is -2.31. The molecule has 228 valence electrons. The Morgan fingerprint density at radius 3 is 2.52 bits per heavy atom. The van der Waals surface area contributed by atoms with Gasteiger partial charge in [0.05, 0.1) is 11.8 Å². The molecule has 0 radical (unpaired) electrons. The summed E-state index contributed by atoms with van der Waals surface area (Å²) in [6.45, 7) is 4.20. The van der Waals surface area contributed by atoms with Crippen molar-refractivity contribution in [1.82, 2.24) is 24.9 Å². The van der Waals surface area contributed by atoms with Gasteiger partial charge in [0, 0.05) is 35.6 Å². The van der Waals surface area contributed by atoms with Gasteiger partial charge < -0.3 is 15.5 Å². The average molecular weight is 604 g/mol. The summed E-state index contributed by atoms with van der Waals surface area (Å²) in [5.41, 5.74) is 1.42. The summed E-state index contributed by atoms with van der Waals surface area (Å²) in [6, 6.07) is 14.2. The zero-order chi connectivity index (χ0) is 30.9. The Labute approximate surface area is 252 Å². The average Bonchev–Trinajstić information content (AvgIpc) is 3.50. The number of nitrogens with zero attached hydrogens (tertiary/aromatic N) is 5. The molecule has 0 saturated carbocycles. The van der Waals surface area contributed by atoms with Gasteiger partial charge >= 0.3 is 6.18 Å². The van der Waals surface area contributed by atoms with Gasteiger partial charge in [-0.1, -0.05) is 29.8 Å². The van der Waals surface area contributed by atoms with Gasteiger partial charge in [0.1, 0.15) is 11.5 Å². The predicted molar refractivity (Wildman–Crippen MR) is 162 cm³/mol. The third kappa shape index (κ3) is 8.60. The third-order valence-electron chi connectivity index (χ3n) is 7.18. The molecule has 12 heteroatoms. The summed E-state index contributed by atoms with van der Waals surface area (Å²) in [4.78, 5) is 31.9. The Morgan fingerprint density at radius 2 is 1.75 bits per heavy atom. The van der Waals surface area contributed by atoms with Crippen LogP contribution in [-0.2, 0) is 17.5 Å². The molecule has 1 fully saturated rings. The van der Waals surface area contributed by atoms with E-state index in [1.165, 1.54) is 68.8 Å². The first-order valence-corrected chi connectivity index (χ1v) is 14.4. The van der Waals surface area contributed by atoms with Crippen LogP contribution in [-0.4, -0.2) is 56.3 Å². The fraction of sp³-hybridized carbons (Fsp3) is 0.281. The van der Waals surface area contributed by atoms with Gasteiger partial charge in [-0.3, -0.25) is 14.3 Å². The topological polar surface area (TPSA) is 105 Å². The standard InChI is InChI=1S/C32H32F3N7O2/c33-32(34,35)26-9-5-10-27(20-26)37-31(44)24-8-4-7-23(19-24)11-14-30(43)38-29-13-12-25(21-36-29)28-22-42(40-39-28)18-6-17-41-15-2-1-3-16-41/h4-5,7-14,19-22H,1-3,6,15-18H2,(H,37,44)(H,36,38,43). The van der Waals surface area contributed by atoms with Gasteiger partial charge in [0.25, 0.3) is 5.91 Å². The number of anilines is 2. The summed E-state index contributed by atoms with van der Waals surface area (Å²) >= 11 is 0. The Kier molecular flexibility index (Phi) is 9.80. The summed E-state index contributed by atoms with van der Waals surface area (Å²) in [6.07, 6.45) is 6.70. The van der Waals surface area contributed by atoms with E-state index in [4.69, 9.17) is 0 Å². The van der Waals surface area contributed by atoms with Gasteiger partial charge in [0.15, 0.2) is 0 Å². The second kappa shape index (κ2) is 14.1. The minimum Gasteiger partial charge on any atom is -0.322 e. The van der Waals surface area contributed by atoms with Crippen LogP contribution in [0.1, 0.15) is 47.2 Å². The van der Waals surface area contributed by atoms with Gasteiger partial charge in [-0.2, -0.15) is 13.2 Å². The van der Waals surface area contributed by atoms with Crippen LogP contribution in [0.15, 0.2) is 79.1 Å². The highest BCUT2D eigenvalue weighted by molar-refractivity contribution is 6.05. The van der Waals surface area contributed by atoms with E-state index in [9.17, 15) is 22.8 Å². The highest BCUT2D eigenvalue weighted by Crippen LogP contribution is 2.30. The quantitative estimate of drug-likeness (QED) is 0.211.